The molecular formula is C12H20N2O4S. The third-order valence-electron chi connectivity index (χ3n) is 3.66. The van der Waals surface area contributed by atoms with Gasteiger partial charge in [-0.15, -0.1) is 11.8 Å². The Hall–Kier alpha value is -0.950. The normalized spacial score (nSPS) is 34.5. The van der Waals surface area contributed by atoms with E-state index >= 15 is 0 Å². The summed E-state index contributed by atoms with van der Waals surface area (Å²) in [5, 5.41) is 11.8. The minimum atomic E-state index is -0.949. The van der Waals surface area contributed by atoms with E-state index in [-0.39, 0.29) is 17.0 Å². The predicted octanol–water partition coefficient (Wildman–Crippen LogP) is 1.11. The molecule has 6 nitrogen and oxygen atoms in total. The summed E-state index contributed by atoms with van der Waals surface area (Å²) in [6.45, 7) is 4.96. The van der Waals surface area contributed by atoms with Crippen molar-refractivity contribution in [1.82, 2.24) is 10.2 Å². The van der Waals surface area contributed by atoms with E-state index in [2.05, 4.69) is 5.32 Å². The van der Waals surface area contributed by atoms with E-state index in [1.165, 1.54) is 16.7 Å². The summed E-state index contributed by atoms with van der Waals surface area (Å²) < 4.78 is 5.60. The van der Waals surface area contributed by atoms with Crippen LogP contribution in [0.2, 0.25) is 0 Å². The molecule has 3 unspecified atom stereocenters. The van der Waals surface area contributed by atoms with Crippen LogP contribution in [-0.4, -0.2) is 57.9 Å². The average molecular weight is 288 g/mol. The zero-order valence-corrected chi connectivity index (χ0v) is 12.0. The average Bonchev–Trinajstić information content (AvgIpc) is 2.93. The Morgan fingerprint density at radius 2 is 2.32 bits per heavy atom. The zero-order valence-electron chi connectivity index (χ0n) is 11.2. The summed E-state index contributed by atoms with van der Waals surface area (Å²) in [6, 6.07) is -1.06. The first-order valence-electron chi connectivity index (χ1n) is 6.47. The summed E-state index contributed by atoms with van der Waals surface area (Å²) in [6.07, 6.45) is 1.92. The second-order valence-electron chi connectivity index (χ2n) is 5.25. The van der Waals surface area contributed by atoms with Crippen molar-refractivity contribution in [1.29, 1.82) is 0 Å². The fourth-order valence-corrected chi connectivity index (χ4v) is 3.64. The minimum Gasteiger partial charge on any atom is -0.480 e. The van der Waals surface area contributed by atoms with Crippen LogP contribution in [0.15, 0.2) is 0 Å². The molecule has 2 N–H and O–H groups in total. The van der Waals surface area contributed by atoms with Gasteiger partial charge in [-0.2, -0.15) is 0 Å². The van der Waals surface area contributed by atoms with Gasteiger partial charge in [-0.3, -0.25) is 4.90 Å². The lowest BCUT2D eigenvalue weighted by atomic mass is 10.0. The Bertz CT molecular complexity index is 371. The number of nitrogens with one attached hydrogen (secondary N) is 1. The molecule has 0 saturated carbocycles. The predicted molar refractivity (Wildman–Crippen MR) is 72.2 cm³/mol. The summed E-state index contributed by atoms with van der Waals surface area (Å²) in [4.78, 5) is 24.7. The highest BCUT2D eigenvalue weighted by molar-refractivity contribution is 8.00. The number of nitrogens with zero attached hydrogens (tertiary/aromatic N) is 1. The van der Waals surface area contributed by atoms with Crippen LogP contribution in [0, 0.1) is 0 Å². The molecule has 19 heavy (non-hydrogen) atoms. The minimum absolute atomic E-state index is 0.113. The van der Waals surface area contributed by atoms with Gasteiger partial charge in [-0.1, -0.05) is 0 Å². The molecule has 2 rings (SSSR count). The van der Waals surface area contributed by atoms with E-state index in [4.69, 9.17) is 9.84 Å². The highest BCUT2D eigenvalue weighted by Crippen LogP contribution is 2.29. The molecule has 0 bridgehead atoms. The smallest absolute Gasteiger partial charge is 0.327 e. The van der Waals surface area contributed by atoms with Crippen LogP contribution in [0.4, 0.5) is 4.79 Å². The largest absolute Gasteiger partial charge is 0.480 e. The number of carboxylic acids is 1. The van der Waals surface area contributed by atoms with Crippen molar-refractivity contribution in [2.75, 3.05) is 18.9 Å². The van der Waals surface area contributed by atoms with Crippen molar-refractivity contribution < 1.29 is 19.4 Å². The van der Waals surface area contributed by atoms with Gasteiger partial charge in [-0.25, -0.2) is 9.59 Å². The Labute approximate surface area is 116 Å². The second kappa shape index (κ2) is 5.58. The third-order valence-corrected chi connectivity index (χ3v) is 4.87. The topological polar surface area (TPSA) is 78.9 Å². The lowest BCUT2D eigenvalue weighted by Gasteiger charge is -2.28. The Balaban J connectivity index is 1.93. The van der Waals surface area contributed by atoms with Gasteiger partial charge >= 0.3 is 12.0 Å². The Morgan fingerprint density at radius 1 is 1.58 bits per heavy atom. The molecule has 2 aliphatic heterocycles. The maximum atomic E-state index is 12.2. The number of hydrogen-bond acceptors (Lipinski definition) is 4. The van der Waals surface area contributed by atoms with Crippen LogP contribution in [-0.2, 0) is 9.53 Å². The van der Waals surface area contributed by atoms with Crippen molar-refractivity contribution in [2.24, 2.45) is 0 Å². The number of thioether (sulfide) groups is 1. The molecule has 2 amide bonds. The number of urea groups is 1. The van der Waals surface area contributed by atoms with E-state index < -0.39 is 12.0 Å². The van der Waals surface area contributed by atoms with Crippen molar-refractivity contribution >= 4 is 23.8 Å². The van der Waals surface area contributed by atoms with Crippen molar-refractivity contribution in [2.45, 2.75) is 43.7 Å². The molecule has 2 saturated heterocycles. The molecule has 0 aliphatic carbocycles. The maximum Gasteiger partial charge on any atom is 0.327 e. The SMILES string of the molecule is CC1SCC(C(=O)O)N1C(=O)NCC1(C)CCCO1. The summed E-state index contributed by atoms with van der Waals surface area (Å²) >= 11 is 1.48. The molecular weight excluding hydrogens is 268 g/mol. The number of carbonyl (C=O) groups excluding carboxylic acids is 1. The first kappa shape index (κ1) is 14.5. The third kappa shape index (κ3) is 3.14. The van der Waals surface area contributed by atoms with E-state index in [1.807, 2.05) is 13.8 Å². The van der Waals surface area contributed by atoms with Gasteiger partial charge in [-0.05, 0) is 26.7 Å². The molecule has 0 aromatic heterocycles. The molecule has 2 fully saturated rings. The molecule has 0 spiro atoms. The summed E-state index contributed by atoms with van der Waals surface area (Å²) in [5.41, 5.74) is -0.315. The van der Waals surface area contributed by atoms with Gasteiger partial charge in [0.05, 0.1) is 11.0 Å². The number of amides is 2. The monoisotopic (exact) mass is 288 g/mol. The standard InChI is InChI=1S/C12H20N2O4S/c1-8-14(9(6-19-8)10(15)16)11(17)13-7-12(2)4-3-5-18-12/h8-9H,3-7H2,1-2H3,(H,13,17)(H,15,16). The van der Waals surface area contributed by atoms with Crippen LogP contribution in [0.25, 0.3) is 0 Å². The van der Waals surface area contributed by atoms with Crippen molar-refractivity contribution in [3.8, 4) is 0 Å². The molecule has 7 heteroatoms. The molecule has 2 aliphatic rings. The Kier molecular flexibility index (Phi) is 4.25. The molecule has 0 radical (unpaired) electrons. The number of carbonyl (C=O) groups is 2. The van der Waals surface area contributed by atoms with E-state index in [0.717, 1.165) is 19.4 Å². The molecule has 108 valence electrons. The fraction of sp³-hybridized carbons (Fsp3) is 0.833. The van der Waals surface area contributed by atoms with Gasteiger partial charge in [0.15, 0.2) is 0 Å². The number of carboxylic acid groups (broad SMARTS) is 1. The number of aliphatic carboxylic acids is 1. The van der Waals surface area contributed by atoms with Gasteiger partial charge in [0.2, 0.25) is 0 Å². The van der Waals surface area contributed by atoms with Gasteiger partial charge in [0.25, 0.3) is 0 Å². The van der Waals surface area contributed by atoms with E-state index in [9.17, 15) is 9.59 Å². The maximum absolute atomic E-state index is 12.2. The fourth-order valence-electron chi connectivity index (χ4n) is 2.47. The van der Waals surface area contributed by atoms with Crippen molar-refractivity contribution in [3.63, 3.8) is 0 Å². The first-order valence-corrected chi connectivity index (χ1v) is 7.52. The van der Waals surface area contributed by atoms with Crippen LogP contribution in [0.5, 0.6) is 0 Å². The second-order valence-corrected chi connectivity index (χ2v) is 6.60. The number of hydrogen-bond donors (Lipinski definition) is 2. The van der Waals surface area contributed by atoms with E-state index in [1.54, 1.807) is 0 Å². The van der Waals surface area contributed by atoms with Gasteiger partial charge in [0, 0.05) is 18.9 Å². The first-order chi connectivity index (χ1) is 8.93. The zero-order chi connectivity index (χ0) is 14.0. The lowest BCUT2D eigenvalue weighted by molar-refractivity contribution is -0.141. The van der Waals surface area contributed by atoms with Crippen LogP contribution in [0.1, 0.15) is 26.7 Å². The Morgan fingerprint density at radius 3 is 2.89 bits per heavy atom. The van der Waals surface area contributed by atoms with Crippen LogP contribution < -0.4 is 5.32 Å². The molecule has 0 aromatic carbocycles. The van der Waals surface area contributed by atoms with Gasteiger partial charge < -0.3 is 15.2 Å². The van der Waals surface area contributed by atoms with Crippen LogP contribution >= 0.6 is 11.8 Å². The van der Waals surface area contributed by atoms with Gasteiger partial charge in [0.1, 0.15) is 6.04 Å². The molecule has 3 atom stereocenters. The lowest BCUT2D eigenvalue weighted by Crippen LogP contribution is -2.52. The number of ether oxygens (including phenoxy) is 1. The summed E-state index contributed by atoms with van der Waals surface area (Å²) in [5.74, 6) is -0.507. The van der Waals surface area contributed by atoms with E-state index in [0.29, 0.717) is 12.3 Å². The van der Waals surface area contributed by atoms with Crippen LogP contribution in [0.3, 0.4) is 0 Å². The highest BCUT2D eigenvalue weighted by Gasteiger charge is 2.40. The summed E-state index contributed by atoms with van der Waals surface area (Å²) in [7, 11) is 0. The molecule has 0 aromatic rings. The highest BCUT2D eigenvalue weighted by atomic mass is 32.2. The quantitative estimate of drug-likeness (QED) is 0.813. The van der Waals surface area contributed by atoms with Crippen molar-refractivity contribution in [3.05, 3.63) is 0 Å². The molecule has 2 heterocycles. The number of rotatable bonds is 3.